The van der Waals surface area contributed by atoms with Gasteiger partial charge in [-0.15, -0.1) is 0 Å². The maximum Gasteiger partial charge on any atom is 0.337 e. The van der Waals surface area contributed by atoms with Crippen LogP contribution in [0.25, 0.3) is 10.8 Å². The van der Waals surface area contributed by atoms with Crippen LogP contribution in [-0.4, -0.2) is 17.0 Å². The highest BCUT2D eigenvalue weighted by molar-refractivity contribution is 6.31. The first kappa shape index (κ1) is 17.0. The van der Waals surface area contributed by atoms with Crippen LogP contribution >= 0.6 is 11.6 Å². The van der Waals surface area contributed by atoms with Crippen molar-refractivity contribution in [3.63, 3.8) is 0 Å². The van der Waals surface area contributed by atoms with E-state index < -0.39 is 5.97 Å². The lowest BCUT2D eigenvalue weighted by Crippen LogP contribution is -2.15. The number of aryl methyl sites for hydroxylation is 1. The number of fused-ring (bicyclic) bond motifs is 1. The van der Waals surface area contributed by atoms with Crippen molar-refractivity contribution in [1.82, 2.24) is 0 Å². The van der Waals surface area contributed by atoms with Gasteiger partial charge in [0.1, 0.15) is 0 Å². The van der Waals surface area contributed by atoms with Crippen LogP contribution in [0, 0.1) is 0 Å². The minimum absolute atomic E-state index is 0.0819. The van der Waals surface area contributed by atoms with Crippen molar-refractivity contribution in [1.29, 1.82) is 0 Å². The Labute approximate surface area is 150 Å². The summed E-state index contributed by atoms with van der Waals surface area (Å²) in [5.41, 5.74) is 1.43. The monoisotopic (exact) mass is 353 g/mol. The Balaban J connectivity index is 1.66. The lowest BCUT2D eigenvalue weighted by Gasteiger charge is -2.09. The van der Waals surface area contributed by atoms with Gasteiger partial charge < -0.3 is 10.4 Å². The SMILES string of the molecule is O=C(CCc1ccc2cc(Cl)ccc2c1)Nc1ccccc1C(=O)O. The fourth-order valence-corrected chi connectivity index (χ4v) is 2.85. The minimum Gasteiger partial charge on any atom is -0.478 e. The standard InChI is InChI=1S/C20H16ClNO3/c21-16-9-8-14-11-13(5-7-15(14)12-16)6-10-19(23)22-18-4-2-1-3-17(18)20(24)25/h1-5,7-9,11-12H,6,10H2,(H,22,23)(H,24,25). The minimum atomic E-state index is -1.07. The van der Waals surface area contributed by atoms with Gasteiger partial charge in [-0.05, 0) is 47.0 Å². The fraction of sp³-hybridized carbons (Fsp3) is 0.100. The Hall–Kier alpha value is -2.85. The van der Waals surface area contributed by atoms with Crippen LogP contribution in [-0.2, 0) is 11.2 Å². The molecule has 5 heteroatoms. The molecule has 0 aliphatic rings. The number of aromatic carboxylic acids is 1. The van der Waals surface area contributed by atoms with Gasteiger partial charge in [0, 0.05) is 11.4 Å². The predicted molar refractivity (Wildman–Crippen MR) is 99.3 cm³/mol. The Kier molecular flexibility index (Phi) is 5.00. The van der Waals surface area contributed by atoms with E-state index in [1.54, 1.807) is 18.2 Å². The van der Waals surface area contributed by atoms with Gasteiger partial charge in [-0.1, -0.05) is 48.0 Å². The van der Waals surface area contributed by atoms with E-state index in [4.69, 9.17) is 16.7 Å². The summed E-state index contributed by atoms with van der Waals surface area (Å²) in [4.78, 5) is 23.3. The number of amides is 1. The van der Waals surface area contributed by atoms with E-state index in [1.807, 2.05) is 36.4 Å². The van der Waals surface area contributed by atoms with Crippen LogP contribution in [0.4, 0.5) is 5.69 Å². The van der Waals surface area contributed by atoms with Gasteiger partial charge in [-0.25, -0.2) is 4.79 Å². The van der Waals surface area contributed by atoms with Crippen LogP contribution in [0.3, 0.4) is 0 Å². The molecule has 0 saturated carbocycles. The molecule has 3 aromatic rings. The lowest BCUT2D eigenvalue weighted by molar-refractivity contribution is -0.116. The fourth-order valence-electron chi connectivity index (χ4n) is 2.67. The molecule has 0 fully saturated rings. The second kappa shape index (κ2) is 7.36. The summed E-state index contributed by atoms with van der Waals surface area (Å²) in [6.07, 6.45) is 0.840. The molecule has 3 rings (SSSR count). The van der Waals surface area contributed by atoms with Crippen LogP contribution in [0.2, 0.25) is 5.02 Å². The summed E-state index contributed by atoms with van der Waals surface area (Å²) in [5.74, 6) is -1.28. The van der Waals surface area contributed by atoms with Crippen molar-refractivity contribution < 1.29 is 14.7 Å². The number of rotatable bonds is 5. The van der Waals surface area contributed by atoms with Gasteiger partial charge >= 0.3 is 5.97 Å². The van der Waals surface area contributed by atoms with Crippen LogP contribution < -0.4 is 5.32 Å². The molecule has 0 aliphatic carbocycles. The smallest absolute Gasteiger partial charge is 0.337 e. The quantitative estimate of drug-likeness (QED) is 0.694. The zero-order valence-electron chi connectivity index (χ0n) is 13.3. The topological polar surface area (TPSA) is 66.4 Å². The van der Waals surface area contributed by atoms with Crippen molar-refractivity contribution >= 4 is 39.9 Å². The predicted octanol–water partition coefficient (Wildman–Crippen LogP) is 4.76. The molecule has 0 radical (unpaired) electrons. The molecule has 0 atom stereocenters. The van der Waals surface area contributed by atoms with Gasteiger partial charge in [-0.3, -0.25) is 4.79 Å². The van der Waals surface area contributed by atoms with Gasteiger partial charge in [0.05, 0.1) is 11.3 Å². The second-order valence-electron chi connectivity index (χ2n) is 5.72. The number of para-hydroxylation sites is 1. The summed E-state index contributed by atoms with van der Waals surface area (Å²) in [6, 6.07) is 18.0. The van der Waals surface area contributed by atoms with E-state index >= 15 is 0 Å². The van der Waals surface area contributed by atoms with Gasteiger partial charge in [0.25, 0.3) is 0 Å². The molecule has 0 unspecified atom stereocenters. The maximum atomic E-state index is 12.1. The van der Waals surface area contributed by atoms with Gasteiger partial charge in [-0.2, -0.15) is 0 Å². The number of carboxylic acids is 1. The molecule has 126 valence electrons. The molecule has 0 aliphatic heterocycles. The van der Waals surface area contributed by atoms with Crippen LogP contribution in [0.1, 0.15) is 22.3 Å². The van der Waals surface area contributed by atoms with Crippen LogP contribution in [0.5, 0.6) is 0 Å². The number of benzene rings is 3. The molecular weight excluding hydrogens is 338 g/mol. The van der Waals surface area contributed by atoms with E-state index in [1.165, 1.54) is 6.07 Å². The summed E-state index contributed by atoms with van der Waals surface area (Å²) in [5, 5.41) is 14.6. The molecule has 4 nitrogen and oxygen atoms in total. The summed E-state index contributed by atoms with van der Waals surface area (Å²) >= 11 is 5.98. The molecule has 2 N–H and O–H groups in total. The normalized spacial score (nSPS) is 10.6. The zero-order chi connectivity index (χ0) is 17.8. The van der Waals surface area contributed by atoms with E-state index in [0.717, 1.165) is 16.3 Å². The van der Waals surface area contributed by atoms with Crippen molar-refractivity contribution in [3.8, 4) is 0 Å². The van der Waals surface area contributed by atoms with Gasteiger partial charge in [0.2, 0.25) is 5.91 Å². The van der Waals surface area contributed by atoms with Gasteiger partial charge in [0.15, 0.2) is 0 Å². The first-order chi connectivity index (χ1) is 12.0. The van der Waals surface area contributed by atoms with Crippen molar-refractivity contribution in [2.24, 2.45) is 0 Å². The molecule has 0 heterocycles. The third kappa shape index (κ3) is 4.17. The molecule has 0 aromatic heterocycles. The Bertz CT molecular complexity index is 953. The summed E-state index contributed by atoms with van der Waals surface area (Å²) < 4.78 is 0. The van der Waals surface area contributed by atoms with Crippen LogP contribution in [0.15, 0.2) is 60.7 Å². The highest BCUT2D eigenvalue weighted by Gasteiger charge is 2.11. The first-order valence-corrected chi connectivity index (χ1v) is 8.21. The molecule has 1 amide bonds. The Morgan fingerprint density at radius 2 is 1.68 bits per heavy atom. The number of carbonyl (C=O) groups excluding carboxylic acids is 1. The van der Waals surface area contributed by atoms with E-state index in [-0.39, 0.29) is 17.9 Å². The van der Waals surface area contributed by atoms with Crippen molar-refractivity contribution in [2.75, 3.05) is 5.32 Å². The second-order valence-corrected chi connectivity index (χ2v) is 6.16. The third-order valence-corrected chi connectivity index (χ3v) is 4.17. The van der Waals surface area contributed by atoms with E-state index in [9.17, 15) is 9.59 Å². The number of carboxylic acid groups (broad SMARTS) is 1. The first-order valence-electron chi connectivity index (χ1n) is 7.83. The Morgan fingerprint density at radius 3 is 2.48 bits per heavy atom. The zero-order valence-corrected chi connectivity index (χ0v) is 14.1. The summed E-state index contributed by atoms with van der Waals surface area (Å²) in [7, 11) is 0. The number of hydrogen-bond donors (Lipinski definition) is 2. The number of halogens is 1. The molecule has 3 aromatic carbocycles. The summed E-state index contributed by atoms with van der Waals surface area (Å²) in [6.45, 7) is 0. The average Bonchev–Trinajstić information content (AvgIpc) is 2.60. The molecule has 0 bridgehead atoms. The van der Waals surface area contributed by atoms with E-state index in [0.29, 0.717) is 17.1 Å². The maximum absolute atomic E-state index is 12.1. The molecular formula is C20H16ClNO3. The number of hydrogen-bond acceptors (Lipinski definition) is 2. The van der Waals surface area contributed by atoms with Crippen molar-refractivity contribution in [3.05, 3.63) is 76.8 Å². The number of anilines is 1. The molecule has 0 spiro atoms. The third-order valence-electron chi connectivity index (χ3n) is 3.94. The van der Waals surface area contributed by atoms with E-state index in [2.05, 4.69) is 5.32 Å². The van der Waals surface area contributed by atoms with Crippen molar-refractivity contribution in [2.45, 2.75) is 12.8 Å². The Morgan fingerprint density at radius 1 is 0.960 bits per heavy atom. The molecule has 25 heavy (non-hydrogen) atoms. The highest BCUT2D eigenvalue weighted by atomic mass is 35.5. The average molecular weight is 354 g/mol. The number of nitrogens with one attached hydrogen (secondary N) is 1. The lowest BCUT2D eigenvalue weighted by atomic mass is 10.0. The highest BCUT2D eigenvalue weighted by Crippen LogP contribution is 2.21. The number of carbonyl (C=O) groups is 2. The molecule has 0 saturated heterocycles. The largest absolute Gasteiger partial charge is 0.478 e.